The summed E-state index contributed by atoms with van der Waals surface area (Å²) < 4.78 is 2.77. The minimum absolute atomic E-state index is 0.0618. The number of halogens is 2. The molecule has 1 amide bonds. The Kier molecular flexibility index (Phi) is 5.76. The Balaban J connectivity index is 1.85. The summed E-state index contributed by atoms with van der Waals surface area (Å²) in [6.45, 7) is 2.76. The molecule has 148 valence electrons. The molecular weight excluding hydrogens is 443 g/mol. The topological polar surface area (TPSA) is 25.2 Å². The lowest BCUT2D eigenvalue weighted by Crippen LogP contribution is -2.22. The van der Waals surface area contributed by atoms with Crippen molar-refractivity contribution in [3.63, 3.8) is 0 Å². The summed E-state index contributed by atoms with van der Waals surface area (Å²) in [6.07, 6.45) is 4.92. The van der Waals surface area contributed by atoms with E-state index in [-0.39, 0.29) is 5.91 Å². The fourth-order valence-corrected chi connectivity index (χ4v) is 5.15. The molecule has 0 N–H and O–H groups in total. The number of hydrogen-bond donors (Lipinski definition) is 0. The van der Waals surface area contributed by atoms with Crippen LogP contribution in [-0.4, -0.2) is 26.7 Å². The number of carbonyl (C=O) groups is 1. The summed E-state index contributed by atoms with van der Waals surface area (Å²) in [5, 5.41) is 2.37. The van der Waals surface area contributed by atoms with Crippen LogP contribution in [0.25, 0.3) is 17.0 Å². The fourth-order valence-electron chi connectivity index (χ4n) is 3.51. The highest BCUT2D eigenvalue weighted by Crippen LogP contribution is 2.35. The number of nitrogens with zero attached hydrogens (tertiary/aromatic N) is 2. The normalized spacial score (nSPS) is 15.9. The van der Waals surface area contributed by atoms with Crippen LogP contribution in [0.15, 0.2) is 47.5 Å². The van der Waals surface area contributed by atoms with Crippen molar-refractivity contribution >= 4 is 74.4 Å². The van der Waals surface area contributed by atoms with E-state index in [0.717, 1.165) is 28.5 Å². The number of thioether (sulfide) groups is 1. The number of thiocarbonyl (C=S) groups is 1. The van der Waals surface area contributed by atoms with E-state index in [2.05, 4.69) is 35.9 Å². The van der Waals surface area contributed by atoms with Crippen molar-refractivity contribution in [3.05, 3.63) is 74.2 Å². The number of para-hydroxylation sites is 1. The summed E-state index contributed by atoms with van der Waals surface area (Å²) in [4.78, 5) is 14.6. The molecule has 2 aromatic carbocycles. The molecule has 1 aliphatic heterocycles. The van der Waals surface area contributed by atoms with Gasteiger partial charge in [0.05, 0.1) is 10.4 Å². The SMILES string of the molecule is CCc1cccc2c(/C=C3\SC(=S)N(C)C3=O)cn(Cc3ccc(Cl)cc3Cl)c12. The van der Waals surface area contributed by atoms with E-state index in [1.165, 1.54) is 22.2 Å². The van der Waals surface area contributed by atoms with Gasteiger partial charge in [-0.3, -0.25) is 9.69 Å². The molecule has 1 saturated heterocycles. The number of rotatable bonds is 4. The van der Waals surface area contributed by atoms with Crippen molar-refractivity contribution in [1.82, 2.24) is 9.47 Å². The van der Waals surface area contributed by atoms with Gasteiger partial charge in [-0.25, -0.2) is 0 Å². The summed E-state index contributed by atoms with van der Waals surface area (Å²) in [5.41, 5.74) is 4.38. The highest BCUT2D eigenvalue weighted by atomic mass is 35.5. The molecule has 0 spiro atoms. The molecule has 3 nitrogen and oxygen atoms in total. The third-order valence-corrected chi connectivity index (χ3v) is 7.09. The highest BCUT2D eigenvalue weighted by molar-refractivity contribution is 8.26. The third-order valence-electron chi connectivity index (χ3n) is 5.02. The van der Waals surface area contributed by atoms with Crippen LogP contribution in [0.2, 0.25) is 10.0 Å². The number of aromatic nitrogens is 1. The minimum Gasteiger partial charge on any atom is -0.342 e. The third kappa shape index (κ3) is 3.84. The Bertz CT molecular complexity index is 1180. The Morgan fingerprint density at radius 3 is 2.62 bits per heavy atom. The van der Waals surface area contributed by atoms with Gasteiger partial charge in [-0.2, -0.15) is 0 Å². The minimum atomic E-state index is -0.0618. The van der Waals surface area contributed by atoms with Crippen LogP contribution in [0.4, 0.5) is 0 Å². The molecular formula is C22H18Cl2N2OS2. The second-order valence-electron chi connectivity index (χ2n) is 6.86. The Labute approximate surface area is 189 Å². The maximum atomic E-state index is 12.5. The van der Waals surface area contributed by atoms with Crippen molar-refractivity contribution in [2.24, 2.45) is 0 Å². The Hall–Kier alpha value is -1.79. The van der Waals surface area contributed by atoms with Crippen molar-refractivity contribution in [2.45, 2.75) is 19.9 Å². The average Bonchev–Trinajstić information content (AvgIpc) is 3.16. The van der Waals surface area contributed by atoms with Crippen LogP contribution >= 0.6 is 47.2 Å². The Morgan fingerprint density at radius 1 is 1.17 bits per heavy atom. The molecule has 0 atom stereocenters. The number of hydrogen-bond acceptors (Lipinski definition) is 3. The van der Waals surface area contributed by atoms with Crippen molar-refractivity contribution in [3.8, 4) is 0 Å². The van der Waals surface area contributed by atoms with E-state index in [9.17, 15) is 4.79 Å². The number of benzene rings is 2. The summed E-state index contributed by atoms with van der Waals surface area (Å²) >= 11 is 19.1. The first-order chi connectivity index (χ1) is 13.9. The molecule has 0 radical (unpaired) electrons. The molecule has 29 heavy (non-hydrogen) atoms. The van der Waals surface area contributed by atoms with E-state index >= 15 is 0 Å². The first kappa shape index (κ1) is 20.5. The van der Waals surface area contributed by atoms with Crippen LogP contribution in [0.5, 0.6) is 0 Å². The van der Waals surface area contributed by atoms with Gasteiger partial charge in [-0.05, 0) is 35.8 Å². The zero-order valence-corrected chi connectivity index (χ0v) is 19.1. The first-order valence-corrected chi connectivity index (χ1v) is 11.1. The van der Waals surface area contributed by atoms with Crippen LogP contribution in [0, 0.1) is 0 Å². The predicted octanol–water partition coefficient (Wildman–Crippen LogP) is 6.39. The van der Waals surface area contributed by atoms with Gasteiger partial charge in [0.2, 0.25) is 0 Å². The molecule has 3 aromatic rings. The van der Waals surface area contributed by atoms with Gasteiger partial charge in [0.1, 0.15) is 4.32 Å². The Morgan fingerprint density at radius 2 is 1.97 bits per heavy atom. The molecule has 1 fully saturated rings. The number of amides is 1. The number of aryl methyl sites for hydroxylation is 1. The van der Waals surface area contributed by atoms with E-state index in [1.807, 2.05) is 18.2 Å². The molecule has 0 unspecified atom stereocenters. The molecule has 4 rings (SSSR count). The second kappa shape index (κ2) is 8.15. The van der Waals surface area contributed by atoms with Gasteiger partial charge >= 0.3 is 0 Å². The zero-order valence-electron chi connectivity index (χ0n) is 15.9. The van der Waals surface area contributed by atoms with E-state index in [4.69, 9.17) is 35.4 Å². The van der Waals surface area contributed by atoms with E-state index < -0.39 is 0 Å². The van der Waals surface area contributed by atoms with Gasteiger partial charge < -0.3 is 4.57 Å². The lowest BCUT2D eigenvalue weighted by Gasteiger charge is -2.10. The predicted molar refractivity (Wildman–Crippen MR) is 128 cm³/mol. The highest BCUT2D eigenvalue weighted by Gasteiger charge is 2.29. The largest absolute Gasteiger partial charge is 0.342 e. The van der Waals surface area contributed by atoms with Crippen LogP contribution in [-0.2, 0) is 17.8 Å². The molecule has 0 aliphatic carbocycles. The van der Waals surface area contributed by atoms with Crippen LogP contribution < -0.4 is 0 Å². The molecule has 7 heteroatoms. The van der Waals surface area contributed by atoms with Crippen LogP contribution in [0.1, 0.15) is 23.6 Å². The fraction of sp³-hybridized carbons (Fsp3) is 0.182. The number of likely N-dealkylation sites (N-methyl/N-ethyl adjacent to an activating group) is 1. The molecule has 0 saturated carbocycles. The van der Waals surface area contributed by atoms with Gasteiger partial charge in [0.25, 0.3) is 5.91 Å². The first-order valence-electron chi connectivity index (χ1n) is 9.15. The van der Waals surface area contributed by atoms with Gasteiger partial charge in [-0.15, -0.1) is 0 Å². The maximum absolute atomic E-state index is 12.5. The van der Waals surface area contributed by atoms with Crippen molar-refractivity contribution in [2.75, 3.05) is 7.05 Å². The standard InChI is InChI=1S/C22H18Cl2N2OS2/c1-3-13-5-4-6-17-15(9-19-21(27)25(2)22(28)29-19)12-26(20(13)17)11-14-7-8-16(23)10-18(14)24/h4-10,12H,3,11H2,1-2H3/b19-9-. The molecule has 1 aromatic heterocycles. The quantitative estimate of drug-likeness (QED) is 0.333. The van der Waals surface area contributed by atoms with Crippen molar-refractivity contribution < 1.29 is 4.79 Å². The lowest BCUT2D eigenvalue weighted by molar-refractivity contribution is -0.121. The maximum Gasteiger partial charge on any atom is 0.265 e. The number of fused-ring (bicyclic) bond motifs is 1. The molecule has 0 bridgehead atoms. The summed E-state index contributed by atoms with van der Waals surface area (Å²) in [5.74, 6) is -0.0618. The molecule has 2 heterocycles. The van der Waals surface area contributed by atoms with Crippen molar-refractivity contribution in [1.29, 1.82) is 0 Å². The summed E-state index contributed by atoms with van der Waals surface area (Å²) in [7, 11) is 1.71. The van der Waals surface area contributed by atoms with E-state index in [1.54, 1.807) is 13.1 Å². The van der Waals surface area contributed by atoms with Gasteiger partial charge in [0.15, 0.2) is 0 Å². The monoisotopic (exact) mass is 460 g/mol. The average molecular weight is 461 g/mol. The van der Waals surface area contributed by atoms with Crippen LogP contribution in [0.3, 0.4) is 0 Å². The van der Waals surface area contributed by atoms with E-state index in [0.29, 0.717) is 25.8 Å². The zero-order chi connectivity index (χ0) is 20.7. The second-order valence-corrected chi connectivity index (χ2v) is 9.38. The molecule has 1 aliphatic rings. The lowest BCUT2D eigenvalue weighted by atomic mass is 10.1. The number of carbonyl (C=O) groups excluding carboxylic acids is 1. The van der Waals surface area contributed by atoms with Gasteiger partial charge in [-0.1, -0.05) is 78.4 Å². The summed E-state index contributed by atoms with van der Waals surface area (Å²) in [6, 6.07) is 11.8. The van der Waals surface area contributed by atoms with Gasteiger partial charge in [0, 0.05) is 40.8 Å². The smallest absolute Gasteiger partial charge is 0.265 e.